The summed E-state index contributed by atoms with van der Waals surface area (Å²) < 4.78 is 5.00. The molecular formula is C23H33NO4S. The molecular weight excluding hydrogens is 386 g/mol. The van der Waals surface area contributed by atoms with Gasteiger partial charge in [-0.15, -0.1) is 18.3 Å². The minimum absolute atomic E-state index is 0.178. The Hall–Kier alpha value is -1.79. The van der Waals surface area contributed by atoms with Crippen LogP contribution >= 0.6 is 11.8 Å². The first-order valence-corrected chi connectivity index (χ1v) is 11.6. The number of hydrogen-bond donors (Lipinski definition) is 1. The molecule has 2 atom stereocenters. The maximum atomic E-state index is 12.2. The monoisotopic (exact) mass is 419 g/mol. The molecule has 1 N–H and O–H groups in total. The molecule has 0 radical (unpaired) electrons. The summed E-state index contributed by atoms with van der Waals surface area (Å²) in [5, 5.41) is 10.3. The SMILES string of the molecule is C=CCCCC(O)CCN1C(=O)CSC1CCCc1ccc(C(=O)OCC)cc1. The van der Waals surface area contributed by atoms with E-state index in [1.807, 2.05) is 23.1 Å². The van der Waals surface area contributed by atoms with Gasteiger partial charge in [-0.25, -0.2) is 4.79 Å². The molecule has 29 heavy (non-hydrogen) atoms. The zero-order valence-electron chi connectivity index (χ0n) is 17.3. The lowest BCUT2D eigenvalue weighted by Crippen LogP contribution is -2.35. The number of allylic oxidation sites excluding steroid dienone is 1. The first-order chi connectivity index (χ1) is 14.0. The molecule has 160 valence electrons. The quantitative estimate of drug-likeness (QED) is 0.295. The molecule has 1 aromatic carbocycles. The molecule has 0 aliphatic carbocycles. The maximum absolute atomic E-state index is 12.2. The Morgan fingerprint density at radius 1 is 1.34 bits per heavy atom. The molecule has 1 aromatic rings. The number of unbranched alkanes of at least 4 members (excludes halogenated alkanes) is 1. The summed E-state index contributed by atoms with van der Waals surface area (Å²) in [6, 6.07) is 7.55. The Bertz CT molecular complexity index is 661. The van der Waals surface area contributed by atoms with Gasteiger partial charge in [-0.1, -0.05) is 18.2 Å². The number of nitrogens with zero attached hydrogens (tertiary/aromatic N) is 1. The van der Waals surface area contributed by atoms with Crippen LogP contribution in [-0.2, 0) is 16.0 Å². The number of carbonyl (C=O) groups is 2. The Balaban J connectivity index is 1.75. The number of aryl methyl sites for hydroxylation is 1. The van der Waals surface area contributed by atoms with Gasteiger partial charge in [0.05, 0.1) is 29.4 Å². The zero-order chi connectivity index (χ0) is 21.1. The summed E-state index contributed by atoms with van der Waals surface area (Å²) in [6.07, 6.45) is 7.57. The van der Waals surface area contributed by atoms with Crippen LogP contribution in [0, 0.1) is 0 Å². The Kier molecular flexibility index (Phi) is 10.3. The second-order valence-electron chi connectivity index (χ2n) is 7.32. The van der Waals surface area contributed by atoms with Crippen molar-refractivity contribution in [1.82, 2.24) is 4.90 Å². The van der Waals surface area contributed by atoms with Crippen LogP contribution in [0.15, 0.2) is 36.9 Å². The van der Waals surface area contributed by atoms with Crippen LogP contribution in [-0.4, -0.2) is 52.3 Å². The van der Waals surface area contributed by atoms with Crippen LogP contribution in [0.5, 0.6) is 0 Å². The van der Waals surface area contributed by atoms with Crippen molar-refractivity contribution in [3.8, 4) is 0 Å². The number of thioether (sulfide) groups is 1. The van der Waals surface area contributed by atoms with E-state index >= 15 is 0 Å². The fourth-order valence-electron chi connectivity index (χ4n) is 3.44. The summed E-state index contributed by atoms with van der Waals surface area (Å²) in [4.78, 5) is 25.9. The molecule has 1 aliphatic rings. The van der Waals surface area contributed by atoms with E-state index in [4.69, 9.17) is 4.74 Å². The number of ether oxygens (including phenoxy) is 1. The normalized spacial score (nSPS) is 17.4. The van der Waals surface area contributed by atoms with Gasteiger partial charge in [0.15, 0.2) is 0 Å². The van der Waals surface area contributed by atoms with Gasteiger partial charge in [0, 0.05) is 6.54 Å². The lowest BCUT2D eigenvalue weighted by molar-refractivity contribution is -0.128. The molecule has 1 amide bonds. The maximum Gasteiger partial charge on any atom is 0.338 e. The molecule has 2 unspecified atom stereocenters. The highest BCUT2D eigenvalue weighted by Gasteiger charge is 2.31. The summed E-state index contributed by atoms with van der Waals surface area (Å²) in [5.41, 5.74) is 1.75. The van der Waals surface area contributed by atoms with E-state index in [9.17, 15) is 14.7 Å². The summed E-state index contributed by atoms with van der Waals surface area (Å²) in [6.45, 7) is 6.50. The molecule has 1 heterocycles. The number of hydrogen-bond acceptors (Lipinski definition) is 5. The van der Waals surface area contributed by atoms with Crippen molar-refractivity contribution in [1.29, 1.82) is 0 Å². The average molecular weight is 420 g/mol. The molecule has 0 bridgehead atoms. The zero-order valence-corrected chi connectivity index (χ0v) is 18.2. The van der Waals surface area contributed by atoms with Gasteiger partial charge in [0.1, 0.15) is 0 Å². The third kappa shape index (κ3) is 7.86. The van der Waals surface area contributed by atoms with E-state index in [1.54, 1.807) is 30.8 Å². The van der Waals surface area contributed by atoms with E-state index in [2.05, 4.69) is 6.58 Å². The second-order valence-corrected chi connectivity index (χ2v) is 8.49. The molecule has 5 nitrogen and oxygen atoms in total. The van der Waals surface area contributed by atoms with E-state index in [-0.39, 0.29) is 23.4 Å². The number of carbonyl (C=O) groups excluding carboxylic acids is 2. The standard InChI is InChI=1S/C23H33NO4S/c1-3-5-6-9-20(25)15-16-24-21(26)17-29-22(24)10-7-8-18-11-13-19(14-12-18)23(27)28-4-2/h3,11-14,20,22,25H,1,4-10,15-17H2,2H3. The van der Waals surface area contributed by atoms with Crippen molar-refractivity contribution in [2.24, 2.45) is 0 Å². The summed E-state index contributed by atoms with van der Waals surface area (Å²) in [5.74, 6) is 0.421. The van der Waals surface area contributed by atoms with Crippen LogP contribution in [0.25, 0.3) is 0 Å². The molecule has 0 aromatic heterocycles. The highest BCUT2D eigenvalue weighted by Crippen LogP contribution is 2.29. The minimum atomic E-state index is -0.355. The molecule has 1 saturated heterocycles. The van der Waals surface area contributed by atoms with Crippen LogP contribution in [0.4, 0.5) is 0 Å². The topological polar surface area (TPSA) is 66.8 Å². The molecule has 2 rings (SSSR count). The van der Waals surface area contributed by atoms with Gasteiger partial charge in [-0.05, 0) is 69.6 Å². The minimum Gasteiger partial charge on any atom is -0.462 e. The van der Waals surface area contributed by atoms with E-state index in [0.29, 0.717) is 30.9 Å². The molecule has 6 heteroatoms. The first kappa shape index (κ1) is 23.5. The van der Waals surface area contributed by atoms with Gasteiger partial charge in [-0.3, -0.25) is 4.79 Å². The van der Waals surface area contributed by atoms with Gasteiger partial charge >= 0.3 is 5.97 Å². The second kappa shape index (κ2) is 12.7. The van der Waals surface area contributed by atoms with Crippen LogP contribution < -0.4 is 0 Å². The Labute approximate surface area is 178 Å². The number of benzene rings is 1. The third-order valence-corrected chi connectivity index (χ3v) is 6.39. The smallest absolute Gasteiger partial charge is 0.338 e. The van der Waals surface area contributed by atoms with Crippen molar-refractivity contribution in [2.75, 3.05) is 18.9 Å². The molecule has 0 spiro atoms. The largest absolute Gasteiger partial charge is 0.462 e. The fourth-order valence-corrected chi connectivity index (χ4v) is 4.68. The van der Waals surface area contributed by atoms with Crippen molar-refractivity contribution in [2.45, 2.75) is 63.3 Å². The van der Waals surface area contributed by atoms with Crippen molar-refractivity contribution in [3.63, 3.8) is 0 Å². The first-order valence-electron chi connectivity index (χ1n) is 10.5. The van der Waals surface area contributed by atoms with Gasteiger partial charge in [-0.2, -0.15) is 0 Å². The third-order valence-electron chi connectivity index (χ3n) is 5.10. The van der Waals surface area contributed by atoms with Crippen molar-refractivity contribution in [3.05, 3.63) is 48.0 Å². The van der Waals surface area contributed by atoms with Gasteiger partial charge in [0.2, 0.25) is 5.91 Å². The molecule has 1 fully saturated rings. The lowest BCUT2D eigenvalue weighted by Gasteiger charge is -2.25. The van der Waals surface area contributed by atoms with Crippen LogP contribution in [0.1, 0.15) is 61.4 Å². The highest BCUT2D eigenvalue weighted by atomic mass is 32.2. The summed E-state index contributed by atoms with van der Waals surface area (Å²) in [7, 11) is 0. The van der Waals surface area contributed by atoms with E-state index in [0.717, 1.165) is 38.5 Å². The van der Waals surface area contributed by atoms with E-state index < -0.39 is 0 Å². The Morgan fingerprint density at radius 3 is 2.79 bits per heavy atom. The summed E-state index contributed by atoms with van der Waals surface area (Å²) >= 11 is 1.70. The number of aliphatic hydroxyl groups excluding tert-OH is 1. The van der Waals surface area contributed by atoms with Crippen LogP contribution in [0.2, 0.25) is 0 Å². The fraction of sp³-hybridized carbons (Fsp3) is 0.565. The average Bonchev–Trinajstić information content (AvgIpc) is 3.07. The number of rotatable bonds is 13. The van der Waals surface area contributed by atoms with Gasteiger partial charge in [0.25, 0.3) is 0 Å². The lowest BCUT2D eigenvalue weighted by atomic mass is 10.1. The Morgan fingerprint density at radius 2 is 2.10 bits per heavy atom. The number of amides is 1. The highest BCUT2D eigenvalue weighted by molar-refractivity contribution is 8.00. The van der Waals surface area contributed by atoms with Crippen molar-refractivity contribution >= 4 is 23.6 Å². The molecule has 0 saturated carbocycles. The van der Waals surface area contributed by atoms with E-state index in [1.165, 1.54) is 5.56 Å². The van der Waals surface area contributed by atoms with Crippen LogP contribution in [0.3, 0.4) is 0 Å². The number of esters is 1. The predicted molar refractivity (Wildman–Crippen MR) is 118 cm³/mol. The molecule has 1 aliphatic heterocycles. The predicted octanol–water partition coefficient (Wildman–Crippen LogP) is 4.19. The van der Waals surface area contributed by atoms with Gasteiger partial charge < -0.3 is 14.7 Å². The number of aliphatic hydroxyl groups is 1. The van der Waals surface area contributed by atoms with Crippen molar-refractivity contribution < 1.29 is 19.4 Å².